The van der Waals surface area contributed by atoms with Gasteiger partial charge in [-0.1, -0.05) is 0 Å². The van der Waals surface area contributed by atoms with Crippen molar-refractivity contribution in [2.45, 2.75) is 19.0 Å². The number of nitrogens with zero attached hydrogens (tertiary/aromatic N) is 2. The number of nitrogens with two attached hydrogens (primary N) is 1. The van der Waals surface area contributed by atoms with Crippen LogP contribution in [0.25, 0.3) is 0 Å². The standard InChI is InChI=1S/C10H15N5O4/c11-8(16)5-7(9(17)18)14-10(19)13-2-4-15-3-1-12-6-15/h1,3,6-7H,2,4-5H2,(H2,11,16)(H,17,18)(H2,13,14,19). The van der Waals surface area contributed by atoms with E-state index in [-0.39, 0.29) is 0 Å². The van der Waals surface area contributed by atoms with Crippen LogP contribution in [0.3, 0.4) is 0 Å². The van der Waals surface area contributed by atoms with Crippen LogP contribution in [0, 0.1) is 0 Å². The molecule has 1 aromatic heterocycles. The highest BCUT2D eigenvalue weighted by molar-refractivity contribution is 5.87. The molecule has 0 radical (unpaired) electrons. The minimum absolute atomic E-state index is 0.297. The number of primary amides is 1. The highest BCUT2D eigenvalue weighted by Gasteiger charge is 2.21. The summed E-state index contributed by atoms with van der Waals surface area (Å²) in [5, 5.41) is 13.4. The van der Waals surface area contributed by atoms with Gasteiger partial charge in [0.25, 0.3) is 0 Å². The summed E-state index contributed by atoms with van der Waals surface area (Å²) in [6.45, 7) is 0.798. The van der Waals surface area contributed by atoms with Crippen molar-refractivity contribution in [1.29, 1.82) is 0 Å². The molecule has 9 heteroatoms. The summed E-state index contributed by atoms with van der Waals surface area (Å²) in [4.78, 5) is 36.6. The van der Waals surface area contributed by atoms with Gasteiger partial charge < -0.3 is 26.0 Å². The van der Waals surface area contributed by atoms with Gasteiger partial charge in [0, 0.05) is 25.5 Å². The van der Waals surface area contributed by atoms with Crippen LogP contribution in [0.5, 0.6) is 0 Å². The third kappa shape index (κ3) is 5.52. The third-order valence-electron chi connectivity index (χ3n) is 2.22. The summed E-state index contributed by atoms with van der Waals surface area (Å²) in [7, 11) is 0. The maximum atomic E-state index is 11.4. The molecule has 19 heavy (non-hydrogen) atoms. The average molecular weight is 269 g/mol. The second-order valence-corrected chi connectivity index (χ2v) is 3.76. The molecule has 1 rings (SSSR count). The number of imidazole rings is 1. The van der Waals surface area contributed by atoms with Crippen LogP contribution in [-0.2, 0) is 16.1 Å². The average Bonchev–Trinajstić information content (AvgIpc) is 2.80. The van der Waals surface area contributed by atoms with Gasteiger partial charge in [-0.05, 0) is 0 Å². The molecule has 9 nitrogen and oxygen atoms in total. The molecule has 0 saturated carbocycles. The predicted octanol–water partition coefficient (Wildman–Crippen LogP) is -1.49. The summed E-state index contributed by atoms with van der Waals surface area (Å²) in [6, 6.07) is -2.00. The first-order chi connectivity index (χ1) is 8.99. The maximum absolute atomic E-state index is 11.4. The molecule has 1 aromatic rings. The van der Waals surface area contributed by atoms with Crippen LogP contribution in [-0.4, -0.2) is 45.2 Å². The molecule has 0 aromatic carbocycles. The van der Waals surface area contributed by atoms with Crippen molar-refractivity contribution < 1.29 is 19.5 Å². The molecule has 0 fully saturated rings. The lowest BCUT2D eigenvalue weighted by Gasteiger charge is -2.13. The number of amides is 3. The Morgan fingerprint density at radius 1 is 1.42 bits per heavy atom. The summed E-state index contributed by atoms with van der Waals surface area (Å²) in [6.07, 6.45) is 4.47. The molecule has 0 aliphatic rings. The van der Waals surface area contributed by atoms with E-state index < -0.39 is 30.4 Å². The number of hydrogen-bond donors (Lipinski definition) is 4. The lowest BCUT2D eigenvalue weighted by atomic mass is 10.2. The second kappa shape index (κ2) is 6.99. The summed E-state index contributed by atoms with van der Waals surface area (Å²) >= 11 is 0. The summed E-state index contributed by atoms with van der Waals surface area (Å²) in [5.74, 6) is -2.12. The SMILES string of the molecule is NC(=O)CC(NC(=O)NCCn1ccnc1)C(=O)O. The molecule has 0 aliphatic carbocycles. The number of carboxylic acid groups (broad SMARTS) is 1. The lowest BCUT2D eigenvalue weighted by molar-refractivity contribution is -0.140. The topological polar surface area (TPSA) is 139 Å². The van der Waals surface area contributed by atoms with Crippen LogP contribution in [0.1, 0.15) is 6.42 Å². The number of rotatable bonds is 7. The third-order valence-corrected chi connectivity index (χ3v) is 2.22. The summed E-state index contributed by atoms with van der Waals surface area (Å²) < 4.78 is 1.75. The van der Waals surface area contributed by atoms with E-state index >= 15 is 0 Å². The van der Waals surface area contributed by atoms with Crippen LogP contribution < -0.4 is 16.4 Å². The first kappa shape index (κ1) is 14.5. The number of hydrogen-bond acceptors (Lipinski definition) is 4. The van der Waals surface area contributed by atoms with Crippen molar-refractivity contribution in [3.8, 4) is 0 Å². The van der Waals surface area contributed by atoms with E-state index in [0.717, 1.165) is 0 Å². The minimum atomic E-state index is -1.33. The van der Waals surface area contributed by atoms with Crippen molar-refractivity contribution in [3.05, 3.63) is 18.7 Å². The second-order valence-electron chi connectivity index (χ2n) is 3.76. The zero-order valence-corrected chi connectivity index (χ0v) is 10.1. The Labute approximate surface area is 108 Å². The van der Waals surface area contributed by atoms with Gasteiger partial charge in [-0.2, -0.15) is 0 Å². The molecule has 0 bridgehead atoms. The van der Waals surface area contributed by atoms with Gasteiger partial charge in [-0.15, -0.1) is 0 Å². The number of carboxylic acids is 1. The predicted molar refractivity (Wildman–Crippen MR) is 64.0 cm³/mol. The van der Waals surface area contributed by atoms with Crippen molar-refractivity contribution >= 4 is 17.9 Å². The van der Waals surface area contributed by atoms with Crippen molar-refractivity contribution in [1.82, 2.24) is 20.2 Å². The van der Waals surface area contributed by atoms with Gasteiger partial charge in [-0.3, -0.25) is 4.79 Å². The van der Waals surface area contributed by atoms with E-state index in [1.165, 1.54) is 0 Å². The Balaban J connectivity index is 2.32. The number of urea groups is 1. The van der Waals surface area contributed by atoms with Crippen LogP contribution >= 0.6 is 0 Å². The number of carbonyl (C=O) groups is 3. The van der Waals surface area contributed by atoms with Gasteiger partial charge in [0.1, 0.15) is 6.04 Å². The Morgan fingerprint density at radius 3 is 2.68 bits per heavy atom. The zero-order chi connectivity index (χ0) is 14.3. The first-order valence-corrected chi connectivity index (χ1v) is 5.50. The fourth-order valence-corrected chi connectivity index (χ4v) is 1.33. The van der Waals surface area contributed by atoms with E-state index in [0.29, 0.717) is 13.1 Å². The summed E-state index contributed by atoms with van der Waals surface area (Å²) in [5.41, 5.74) is 4.89. The van der Waals surface area contributed by atoms with Gasteiger partial charge >= 0.3 is 12.0 Å². The highest BCUT2D eigenvalue weighted by atomic mass is 16.4. The van der Waals surface area contributed by atoms with Crippen molar-refractivity contribution in [2.24, 2.45) is 5.73 Å². The Bertz CT molecular complexity index is 445. The minimum Gasteiger partial charge on any atom is -0.480 e. The van der Waals surface area contributed by atoms with Crippen LogP contribution in [0.4, 0.5) is 4.79 Å². The monoisotopic (exact) mass is 269 g/mol. The zero-order valence-electron chi connectivity index (χ0n) is 10.1. The van der Waals surface area contributed by atoms with Crippen molar-refractivity contribution in [2.75, 3.05) is 6.54 Å². The van der Waals surface area contributed by atoms with Crippen LogP contribution in [0.15, 0.2) is 18.7 Å². The molecular weight excluding hydrogens is 254 g/mol. The Kier molecular flexibility index (Phi) is 5.33. The Morgan fingerprint density at radius 2 is 2.16 bits per heavy atom. The molecule has 1 unspecified atom stereocenters. The van der Waals surface area contributed by atoms with E-state index in [9.17, 15) is 14.4 Å². The quantitative estimate of drug-likeness (QED) is 0.477. The van der Waals surface area contributed by atoms with Crippen molar-refractivity contribution in [3.63, 3.8) is 0 Å². The molecule has 1 atom stereocenters. The fraction of sp³-hybridized carbons (Fsp3) is 0.400. The molecule has 3 amide bonds. The Hall–Kier alpha value is -2.58. The molecule has 1 heterocycles. The molecule has 104 valence electrons. The van der Waals surface area contributed by atoms with E-state index in [2.05, 4.69) is 15.6 Å². The molecule has 0 spiro atoms. The number of aromatic nitrogens is 2. The first-order valence-electron chi connectivity index (χ1n) is 5.50. The van der Waals surface area contributed by atoms with Crippen LogP contribution in [0.2, 0.25) is 0 Å². The van der Waals surface area contributed by atoms with E-state index in [1.807, 2.05) is 0 Å². The molecular formula is C10H15N5O4. The smallest absolute Gasteiger partial charge is 0.326 e. The number of aliphatic carboxylic acids is 1. The number of carbonyl (C=O) groups excluding carboxylic acids is 2. The largest absolute Gasteiger partial charge is 0.480 e. The van der Waals surface area contributed by atoms with Gasteiger partial charge in [0.15, 0.2) is 0 Å². The molecule has 0 saturated heterocycles. The van der Waals surface area contributed by atoms with Gasteiger partial charge in [0.2, 0.25) is 5.91 Å². The van der Waals surface area contributed by atoms with Gasteiger partial charge in [0.05, 0.1) is 12.7 Å². The normalized spacial score (nSPS) is 11.6. The highest BCUT2D eigenvalue weighted by Crippen LogP contribution is 1.91. The lowest BCUT2D eigenvalue weighted by Crippen LogP contribution is -2.48. The van der Waals surface area contributed by atoms with E-state index in [1.54, 1.807) is 23.3 Å². The number of nitrogens with one attached hydrogen (secondary N) is 2. The molecule has 5 N–H and O–H groups in total. The maximum Gasteiger partial charge on any atom is 0.326 e. The van der Waals surface area contributed by atoms with E-state index in [4.69, 9.17) is 10.8 Å². The molecule has 0 aliphatic heterocycles. The van der Waals surface area contributed by atoms with Gasteiger partial charge in [-0.25, -0.2) is 14.6 Å². The fourth-order valence-electron chi connectivity index (χ4n) is 1.33.